The third-order valence-corrected chi connectivity index (χ3v) is 4.44. The van der Waals surface area contributed by atoms with Gasteiger partial charge in [-0.3, -0.25) is 4.90 Å². The van der Waals surface area contributed by atoms with Crippen molar-refractivity contribution in [2.75, 3.05) is 25.0 Å². The van der Waals surface area contributed by atoms with E-state index in [1.807, 2.05) is 42.5 Å². The van der Waals surface area contributed by atoms with Crippen LogP contribution in [-0.4, -0.2) is 30.6 Å². The van der Waals surface area contributed by atoms with Crippen LogP contribution in [0, 0.1) is 0 Å². The van der Waals surface area contributed by atoms with Crippen molar-refractivity contribution in [3.05, 3.63) is 54.5 Å². The Bertz CT molecular complexity index is 605. The number of nitrogens with one attached hydrogen (secondary N) is 2. The number of benzene rings is 1. The quantitative estimate of drug-likeness (QED) is 0.872. The molecular formula is C19H25N3O2. The Balaban J connectivity index is 1.60. The van der Waals surface area contributed by atoms with Gasteiger partial charge in [0.1, 0.15) is 5.76 Å². The molecule has 1 aliphatic heterocycles. The molecule has 2 N–H and O–H groups in total. The van der Waals surface area contributed by atoms with Crippen LogP contribution in [0.25, 0.3) is 0 Å². The second-order valence-corrected chi connectivity index (χ2v) is 6.18. The minimum absolute atomic E-state index is 0.0830. The van der Waals surface area contributed by atoms with Gasteiger partial charge in [-0.05, 0) is 50.2 Å². The number of urea groups is 1. The number of amides is 2. The van der Waals surface area contributed by atoms with Gasteiger partial charge in [-0.1, -0.05) is 31.0 Å². The van der Waals surface area contributed by atoms with Gasteiger partial charge >= 0.3 is 6.03 Å². The van der Waals surface area contributed by atoms with Crippen molar-refractivity contribution in [3.8, 4) is 0 Å². The highest BCUT2D eigenvalue weighted by Gasteiger charge is 2.24. The van der Waals surface area contributed by atoms with E-state index in [4.69, 9.17) is 4.42 Å². The Morgan fingerprint density at radius 1 is 1.04 bits per heavy atom. The summed E-state index contributed by atoms with van der Waals surface area (Å²) < 4.78 is 5.63. The van der Waals surface area contributed by atoms with Gasteiger partial charge in [0.25, 0.3) is 0 Å². The Hall–Kier alpha value is -2.27. The largest absolute Gasteiger partial charge is 0.468 e. The van der Waals surface area contributed by atoms with Crippen molar-refractivity contribution < 1.29 is 9.21 Å². The molecule has 0 saturated carbocycles. The summed E-state index contributed by atoms with van der Waals surface area (Å²) >= 11 is 0. The molecule has 2 heterocycles. The highest BCUT2D eigenvalue weighted by molar-refractivity contribution is 5.89. The molecule has 1 aliphatic rings. The summed E-state index contributed by atoms with van der Waals surface area (Å²) in [6.45, 7) is 2.63. The number of carbonyl (C=O) groups is 1. The fourth-order valence-electron chi connectivity index (χ4n) is 3.18. The number of hydrogen-bond acceptors (Lipinski definition) is 3. The molecule has 1 saturated heterocycles. The van der Waals surface area contributed by atoms with Crippen LogP contribution in [0.15, 0.2) is 53.1 Å². The van der Waals surface area contributed by atoms with Crippen LogP contribution < -0.4 is 10.6 Å². The Morgan fingerprint density at radius 3 is 2.46 bits per heavy atom. The molecular weight excluding hydrogens is 302 g/mol. The standard InChI is InChI=1S/C19H25N3O2/c23-19(21-16-9-4-3-5-10-16)20-15-17(18-11-8-14-24-18)22-12-6-1-2-7-13-22/h3-5,8-11,14,17H,1-2,6-7,12-13,15H2,(H2,20,21,23). The maximum Gasteiger partial charge on any atom is 0.319 e. The van der Waals surface area contributed by atoms with Crippen molar-refractivity contribution in [3.63, 3.8) is 0 Å². The average molecular weight is 327 g/mol. The normalized spacial score (nSPS) is 17.0. The smallest absolute Gasteiger partial charge is 0.319 e. The molecule has 1 atom stereocenters. The zero-order valence-corrected chi connectivity index (χ0v) is 13.9. The van der Waals surface area contributed by atoms with E-state index >= 15 is 0 Å². The van der Waals surface area contributed by atoms with Gasteiger partial charge in [-0.2, -0.15) is 0 Å². The van der Waals surface area contributed by atoms with E-state index < -0.39 is 0 Å². The van der Waals surface area contributed by atoms with Crippen LogP contribution in [0.2, 0.25) is 0 Å². The molecule has 5 heteroatoms. The molecule has 128 valence electrons. The van der Waals surface area contributed by atoms with Gasteiger partial charge in [0, 0.05) is 12.2 Å². The minimum Gasteiger partial charge on any atom is -0.468 e. The fraction of sp³-hybridized carbons (Fsp3) is 0.421. The van der Waals surface area contributed by atoms with Crippen LogP contribution >= 0.6 is 0 Å². The Kier molecular flexibility index (Phi) is 5.90. The molecule has 0 bridgehead atoms. The second kappa shape index (κ2) is 8.55. The summed E-state index contributed by atoms with van der Waals surface area (Å²) in [6, 6.07) is 13.3. The SMILES string of the molecule is O=C(NCC(c1ccco1)N1CCCCCC1)Nc1ccccc1. The highest BCUT2D eigenvalue weighted by atomic mass is 16.3. The van der Waals surface area contributed by atoms with Gasteiger partial charge < -0.3 is 15.1 Å². The highest BCUT2D eigenvalue weighted by Crippen LogP contribution is 2.24. The predicted molar refractivity (Wildman–Crippen MR) is 95.0 cm³/mol. The third kappa shape index (κ3) is 4.61. The van der Waals surface area contributed by atoms with Gasteiger partial charge in [0.2, 0.25) is 0 Å². The zero-order valence-electron chi connectivity index (χ0n) is 13.9. The molecule has 2 aromatic rings. The molecule has 0 aliphatic carbocycles. The lowest BCUT2D eigenvalue weighted by molar-refractivity contribution is 0.177. The summed E-state index contributed by atoms with van der Waals surface area (Å²) in [5, 5.41) is 5.84. The monoisotopic (exact) mass is 327 g/mol. The molecule has 1 fully saturated rings. The topological polar surface area (TPSA) is 57.5 Å². The van der Waals surface area contributed by atoms with Gasteiger partial charge in [0.15, 0.2) is 0 Å². The third-order valence-electron chi connectivity index (χ3n) is 4.44. The lowest BCUT2D eigenvalue weighted by atomic mass is 10.1. The first-order valence-corrected chi connectivity index (χ1v) is 8.70. The van der Waals surface area contributed by atoms with Crippen LogP contribution in [-0.2, 0) is 0 Å². The van der Waals surface area contributed by atoms with Crippen LogP contribution in [0.3, 0.4) is 0 Å². The summed E-state index contributed by atoms with van der Waals surface area (Å²) in [4.78, 5) is 14.6. The fourth-order valence-corrected chi connectivity index (χ4v) is 3.18. The van der Waals surface area contributed by atoms with Crippen molar-refractivity contribution in [1.82, 2.24) is 10.2 Å². The van der Waals surface area contributed by atoms with Crippen LogP contribution in [0.4, 0.5) is 10.5 Å². The van der Waals surface area contributed by atoms with Crippen molar-refractivity contribution in [1.29, 1.82) is 0 Å². The molecule has 1 aromatic heterocycles. The van der Waals surface area contributed by atoms with E-state index in [2.05, 4.69) is 15.5 Å². The van der Waals surface area contributed by atoms with E-state index in [1.54, 1.807) is 6.26 Å². The van der Waals surface area contributed by atoms with Gasteiger partial charge in [0.05, 0.1) is 12.3 Å². The Morgan fingerprint density at radius 2 is 1.79 bits per heavy atom. The number of anilines is 1. The first kappa shape index (κ1) is 16.6. The number of para-hydroxylation sites is 1. The summed E-state index contributed by atoms with van der Waals surface area (Å²) in [5.41, 5.74) is 0.791. The van der Waals surface area contributed by atoms with E-state index in [1.165, 1.54) is 25.7 Å². The van der Waals surface area contributed by atoms with Gasteiger partial charge in [-0.15, -0.1) is 0 Å². The number of furan rings is 1. The molecule has 5 nitrogen and oxygen atoms in total. The lowest BCUT2D eigenvalue weighted by Crippen LogP contribution is -2.40. The zero-order chi connectivity index (χ0) is 16.6. The maximum atomic E-state index is 12.2. The molecule has 0 spiro atoms. The number of hydrogen-bond donors (Lipinski definition) is 2. The summed E-state index contributed by atoms with van der Waals surface area (Å²) in [7, 11) is 0. The molecule has 24 heavy (non-hydrogen) atoms. The second-order valence-electron chi connectivity index (χ2n) is 6.18. The first-order chi connectivity index (χ1) is 11.8. The molecule has 1 unspecified atom stereocenters. The van der Waals surface area contributed by atoms with Crippen LogP contribution in [0.1, 0.15) is 37.5 Å². The maximum absolute atomic E-state index is 12.2. The summed E-state index contributed by atoms with van der Waals surface area (Å²) in [5.74, 6) is 0.914. The lowest BCUT2D eigenvalue weighted by Gasteiger charge is -2.29. The Labute approximate surface area is 143 Å². The van der Waals surface area contributed by atoms with Crippen molar-refractivity contribution >= 4 is 11.7 Å². The molecule has 2 amide bonds. The van der Waals surface area contributed by atoms with Crippen LogP contribution in [0.5, 0.6) is 0 Å². The predicted octanol–water partition coefficient (Wildman–Crippen LogP) is 4.02. The van der Waals surface area contributed by atoms with E-state index in [9.17, 15) is 4.79 Å². The minimum atomic E-state index is -0.187. The number of likely N-dealkylation sites (tertiary alicyclic amines) is 1. The number of carbonyl (C=O) groups excluding carboxylic acids is 1. The average Bonchev–Trinajstić information content (AvgIpc) is 2.99. The molecule has 0 radical (unpaired) electrons. The van der Waals surface area contributed by atoms with Crippen molar-refractivity contribution in [2.45, 2.75) is 31.7 Å². The first-order valence-electron chi connectivity index (χ1n) is 8.70. The molecule has 1 aromatic carbocycles. The number of nitrogens with zero attached hydrogens (tertiary/aromatic N) is 1. The number of rotatable bonds is 5. The molecule has 3 rings (SSSR count). The van der Waals surface area contributed by atoms with Gasteiger partial charge in [-0.25, -0.2) is 4.79 Å². The van der Waals surface area contributed by atoms with E-state index in [-0.39, 0.29) is 12.1 Å². The van der Waals surface area contributed by atoms with E-state index in [0.29, 0.717) is 6.54 Å². The van der Waals surface area contributed by atoms with Crippen molar-refractivity contribution in [2.24, 2.45) is 0 Å². The summed E-state index contributed by atoms with van der Waals surface area (Å²) in [6.07, 6.45) is 6.66. The van der Waals surface area contributed by atoms with E-state index in [0.717, 1.165) is 24.5 Å².